The average molecular weight is 379 g/mol. The van der Waals surface area contributed by atoms with Crippen LogP contribution in [0.25, 0.3) is 10.2 Å². The van der Waals surface area contributed by atoms with Crippen molar-refractivity contribution >= 4 is 43.3 Å². The van der Waals surface area contributed by atoms with Gasteiger partial charge in [0, 0.05) is 5.75 Å². The summed E-state index contributed by atoms with van der Waals surface area (Å²) in [7, 11) is -3.64. The van der Waals surface area contributed by atoms with Gasteiger partial charge in [-0.25, -0.2) is 18.5 Å². The van der Waals surface area contributed by atoms with Crippen LogP contribution in [-0.4, -0.2) is 19.2 Å². The van der Waals surface area contributed by atoms with Crippen LogP contribution in [0.2, 0.25) is 0 Å². The molecule has 2 N–H and O–H groups in total. The zero-order valence-electron chi connectivity index (χ0n) is 13.2. The average Bonchev–Trinajstić information content (AvgIpc) is 2.93. The highest BCUT2D eigenvalue weighted by Crippen LogP contribution is 2.32. The number of benzene rings is 2. The number of fused-ring (bicyclic) bond motifs is 1. The predicted octanol–water partition coefficient (Wildman–Crippen LogP) is 4.12. The molecule has 0 saturated heterocycles. The normalized spacial score (nSPS) is 13.2. The van der Waals surface area contributed by atoms with Gasteiger partial charge in [0.15, 0.2) is 4.34 Å². The first-order valence-electron chi connectivity index (χ1n) is 7.50. The second-order valence-corrected chi connectivity index (χ2v) is 9.70. The lowest BCUT2D eigenvalue weighted by molar-refractivity contribution is 0.581. The minimum atomic E-state index is -3.64. The molecular weight excluding hydrogens is 360 g/mol. The van der Waals surface area contributed by atoms with Crippen molar-refractivity contribution in [1.29, 1.82) is 0 Å². The minimum Gasteiger partial charge on any atom is -0.230 e. The number of nitrogens with zero attached hydrogens (tertiary/aromatic N) is 1. The molecule has 1 aromatic heterocycles. The Labute approximate surface area is 150 Å². The zero-order valence-corrected chi connectivity index (χ0v) is 15.6. The van der Waals surface area contributed by atoms with Crippen molar-refractivity contribution in [3.05, 3.63) is 59.7 Å². The van der Waals surface area contributed by atoms with Crippen molar-refractivity contribution in [2.45, 2.75) is 22.9 Å². The quantitative estimate of drug-likeness (QED) is 0.655. The molecule has 1 heterocycles. The standard InChI is InChI=1S/C17H18N2O2S3/c1-12-5-4-6-13(11-12)16(24(18,20)21)9-10-22-17-19-14-7-2-3-8-15(14)23-17/h2-8,11,16H,9-10H2,1H3,(H2,18,20,21). The van der Waals surface area contributed by atoms with Crippen LogP contribution >= 0.6 is 23.1 Å². The van der Waals surface area contributed by atoms with E-state index in [0.717, 1.165) is 25.7 Å². The summed E-state index contributed by atoms with van der Waals surface area (Å²) in [6, 6.07) is 15.5. The lowest BCUT2D eigenvalue weighted by Gasteiger charge is -2.15. The maximum Gasteiger partial charge on any atom is 0.216 e. The van der Waals surface area contributed by atoms with Crippen LogP contribution < -0.4 is 5.14 Å². The molecule has 4 nitrogen and oxygen atoms in total. The van der Waals surface area contributed by atoms with Crippen molar-refractivity contribution in [2.24, 2.45) is 5.14 Å². The largest absolute Gasteiger partial charge is 0.230 e. The van der Waals surface area contributed by atoms with Crippen LogP contribution in [-0.2, 0) is 10.0 Å². The number of thioether (sulfide) groups is 1. The summed E-state index contributed by atoms with van der Waals surface area (Å²) in [5.41, 5.74) is 2.76. The van der Waals surface area contributed by atoms with Crippen molar-refractivity contribution in [2.75, 3.05) is 5.75 Å². The molecule has 0 radical (unpaired) electrons. The van der Waals surface area contributed by atoms with Gasteiger partial charge in [0.25, 0.3) is 0 Å². The number of para-hydroxylation sites is 1. The van der Waals surface area contributed by atoms with Crippen LogP contribution in [0, 0.1) is 6.92 Å². The first-order valence-corrected chi connectivity index (χ1v) is 10.9. The number of primary sulfonamides is 1. The second kappa shape index (κ2) is 7.23. The Kier molecular flexibility index (Phi) is 5.24. The first-order chi connectivity index (χ1) is 11.4. The van der Waals surface area contributed by atoms with E-state index in [2.05, 4.69) is 4.98 Å². The third-order valence-electron chi connectivity index (χ3n) is 3.69. The third kappa shape index (κ3) is 4.16. The van der Waals surface area contributed by atoms with E-state index < -0.39 is 15.3 Å². The molecule has 2 aromatic carbocycles. The van der Waals surface area contributed by atoms with Gasteiger partial charge in [-0.1, -0.05) is 53.7 Å². The number of nitrogens with two attached hydrogens (primary N) is 1. The van der Waals surface area contributed by atoms with E-state index in [1.54, 1.807) is 23.1 Å². The molecule has 1 atom stereocenters. The monoisotopic (exact) mass is 378 g/mol. The first kappa shape index (κ1) is 17.4. The van der Waals surface area contributed by atoms with Gasteiger partial charge in [-0.05, 0) is 31.0 Å². The van der Waals surface area contributed by atoms with E-state index in [9.17, 15) is 8.42 Å². The fraction of sp³-hybridized carbons (Fsp3) is 0.235. The Morgan fingerprint density at radius 1 is 1.21 bits per heavy atom. The summed E-state index contributed by atoms with van der Waals surface area (Å²) < 4.78 is 26.1. The maximum atomic E-state index is 12.0. The minimum absolute atomic E-state index is 0.461. The number of rotatable bonds is 6. The van der Waals surface area contributed by atoms with E-state index in [-0.39, 0.29) is 0 Å². The Balaban J connectivity index is 1.72. The van der Waals surface area contributed by atoms with Crippen molar-refractivity contribution < 1.29 is 8.42 Å². The van der Waals surface area contributed by atoms with E-state index >= 15 is 0 Å². The molecule has 1 unspecified atom stereocenters. The Morgan fingerprint density at radius 3 is 2.71 bits per heavy atom. The number of aromatic nitrogens is 1. The van der Waals surface area contributed by atoms with Gasteiger partial charge in [-0.2, -0.15) is 0 Å². The topological polar surface area (TPSA) is 73.0 Å². The Hall–Kier alpha value is -1.41. The highest BCUT2D eigenvalue weighted by molar-refractivity contribution is 8.01. The maximum absolute atomic E-state index is 12.0. The smallest absolute Gasteiger partial charge is 0.216 e. The van der Waals surface area contributed by atoms with Crippen LogP contribution in [0.5, 0.6) is 0 Å². The number of aryl methyl sites for hydroxylation is 1. The lowest BCUT2D eigenvalue weighted by Crippen LogP contribution is -2.22. The highest BCUT2D eigenvalue weighted by atomic mass is 32.2. The Bertz CT molecular complexity index is 918. The fourth-order valence-electron chi connectivity index (χ4n) is 2.56. The summed E-state index contributed by atoms with van der Waals surface area (Å²) in [6.45, 7) is 1.94. The Morgan fingerprint density at radius 2 is 2.00 bits per heavy atom. The molecule has 126 valence electrons. The van der Waals surface area contributed by atoms with Crippen molar-refractivity contribution in [1.82, 2.24) is 4.98 Å². The predicted molar refractivity (Wildman–Crippen MR) is 102 cm³/mol. The molecule has 0 aliphatic rings. The molecular formula is C17H18N2O2S3. The molecule has 3 rings (SSSR count). The summed E-state index contributed by atoms with van der Waals surface area (Å²) >= 11 is 3.20. The summed E-state index contributed by atoms with van der Waals surface area (Å²) in [5.74, 6) is 0.648. The molecule has 24 heavy (non-hydrogen) atoms. The van der Waals surface area contributed by atoms with E-state index in [4.69, 9.17) is 5.14 Å². The molecule has 0 fully saturated rings. The molecule has 3 aromatic rings. The molecule has 0 saturated carbocycles. The van der Waals surface area contributed by atoms with Crippen molar-refractivity contribution in [3.63, 3.8) is 0 Å². The van der Waals surface area contributed by atoms with Gasteiger partial charge in [0.1, 0.15) is 5.25 Å². The van der Waals surface area contributed by atoms with E-state index in [1.165, 1.54) is 0 Å². The van der Waals surface area contributed by atoms with Gasteiger partial charge < -0.3 is 0 Å². The van der Waals surface area contributed by atoms with Crippen molar-refractivity contribution in [3.8, 4) is 0 Å². The highest BCUT2D eigenvalue weighted by Gasteiger charge is 2.23. The van der Waals surface area contributed by atoms with Crippen LogP contribution in [0.3, 0.4) is 0 Å². The van der Waals surface area contributed by atoms with Gasteiger partial charge >= 0.3 is 0 Å². The van der Waals surface area contributed by atoms with Gasteiger partial charge in [0.05, 0.1) is 10.2 Å². The van der Waals surface area contributed by atoms with Gasteiger partial charge in [-0.15, -0.1) is 11.3 Å². The SMILES string of the molecule is Cc1cccc(C(CCSc2nc3ccccc3s2)S(N)(=O)=O)c1. The summed E-state index contributed by atoms with van der Waals surface area (Å²) in [5, 5.41) is 4.77. The molecule has 0 amide bonds. The summed E-state index contributed by atoms with van der Waals surface area (Å²) in [4.78, 5) is 4.56. The van der Waals surface area contributed by atoms with Crippen LogP contribution in [0.15, 0.2) is 52.9 Å². The van der Waals surface area contributed by atoms with E-state index in [1.807, 2.05) is 55.5 Å². The molecule has 0 bridgehead atoms. The number of sulfonamides is 1. The van der Waals surface area contributed by atoms with Gasteiger partial charge in [0.2, 0.25) is 10.0 Å². The molecule has 0 aliphatic heterocycles. The summed E-state index contributed by atoms with van der Waals surface area (Å²) in [6.07, 6.45) is 0.461. The fourth-order valence-corrected chi connectivity index (χ4v) is 5.82. The number of hydrogen-bond acceptors (Lipinski definition) is 5. The zero-order chi connectivity index (χ0) is 17.2. The number of thiazole rings is 1. The lowest BCUT2D eigenvalue weighted by atomic mass is 10.1. The van der Waals surface area contributed by atoms with Crippen LogP contribution in [0.1, 0.15) is 22.8 Å². The molecule has 7 heteroatoms. The van der Waals surface area contributed by atoms with Crippen LogP contribution in [0.4, 0.5) is 0 Å². The second-order valence-electron chi connectivity index (χ2n) is 5.58. The molecule has 0 spiro atoms. The molecule has 0 aliphatic carbocycles. The number of hydrogen-bond donors (Lipinski definition) is 1. The van der Waals surface area contributed by atoms with Gasteiger partial charge in [-0.3, -0.25) is 0 Å². The third-order valence-corrected chi connectivity index (χ3v) is 7.20. The van der Waals surface area contributed by atoms with E-state index in [0.29, 0.717) is 12.2 Å².